The summed E-state index contributed by atoms with van der Waals surface area (Å²) in [5, 5.41) is 13.9. The molecule has 0 unspecified atom stereocenters. The monoisotopic (exact) mass is 151 g/mol. The molecule has 0 spiro atoms. The molecule has 0 aliphatic heterocycles. The van der Waals surface area contributed by atoms with E-state index in [0.717, 1.165) is 0 Å². The van der Waals surface area contributed by atoms with Crippen LogP contribution in [-0.4, -0.2) is 29.1 Å². The van der Waals surface area contributed by atoms with Gasteiger partial charge in [-0.1, -0.05) is 0 Å². The summed E-state index contributed by atoms with van der Waals surface area (Å²) >= 11 is 0. The van der Waals surface area contributed by atoms with Crippen molar-refractivity contribution in [3.8, 4) is 0 Å². The second-order valence-electron chi connectivity index (χ2n) is 1.03. The van der Waals surface area contributed by atoms with E-state index >= 15 is 0 Å². The summed E-state index contributed by atoms with van der Waals surface area (Å²) in [5.74, 6) is 0. The fraction of sp³-hybridized carbons (Fsp3) is 0.500. The number of hydrogen-bond acceptors (Lipinski definition) is 3. The van der Waals surface area contributed by atoms with Crippen molar-refractivity contribution in [2.75, 3.05) is 6.61 Å². The van der Waals surface area contributed by atoms with E-state index in [4.69, 9.17) is 15.0 Å². The van der Waals surface area contributed by atoms with Gasteiger partial charge in [0.05, 0.1) is 6.61 Å². The van der Waals surface area contributed by atoms with Gasteiger partial charge >= 0.3 is 12.2 Å². The molecule has 0 aromatic rings. The van der Waals surface area contributed by atoms with Crippen molar-refractivity contribution >= 4 is 12.2 Å². The van der Waals surface area contributed by atoms with Crippen LogP contribution in [-0.2, 0) is 4.74 Å². The summed E-state index contributed by atoms with van der Waals surface area (Å²) in [6.07, 6.45) is -2.54. The highest BCUT2D eigenvalue weighted by Gasteiger charge is 1.82. The molecule has 0 heterocycles. The Morgan fingerprint density at radius 1 is 1.50 bits per heavy atom. The van der Waals surface area contributed by atoms with E-state index in [2.05, 4.69) is 10.5 Å². The third kappa shape index (κ3) is 84.6. The molecule has 10 heavy (non-hydrogen) atoms. The lowest BCUT2D eigenvalue weighted by Crippen LogP contribution is -2.11. The molecular formula is C4H9NO5. The number of carbonyl (C=O) groups is 2. The Kier molecular flexibility index (Phi) is 8.56. The molecule has 0 bridgehead atoms. The number of carbonyl (C=O) groups excluding carboxylic acids is 1. The van der Waals surface area contributed by atoms with Gasteiger partial charge in [0.15, 0.2) is 0 Å². The molecule has 1 amide bonds. The minimum atomic E-state index is -1.83. The fourth-order valence-electron chi connectivity index (χ4n) is 0.142. The zero-order valence-corrected chi connectivity index (χ0v) is 5.40. The quantitative estimate of drug-likeness (QED) is 0.500. The second kappa shape index (κ2) is 7.54. The molecule has 0 fully saturated rings. The molecule has 0 aromatic carbocycles. The van der Waals surface area contributed by atoms with Gasteiger partial charge in [0, 0.05) is 0 Å². The molecule has 0 aliphatic carbocycles. The molecule has 0 aromatic heterocycles. The van der Waals surface area contributed by atoms with Gasteiger partial charge in [0.1, 0.15) is 0 Å². The van der Waals surface area contributed by atoms with E-state index < -0.39 is 12.2 Å². The van der Waals surface area contributed by atoms with Gasteiger partial charge in [0.2, 0.25) is 0 Å². The van der Waals surface area contributed by atoms with Gasteiger partial charge in [-0.3, -0.25) is 0 Å². The van der Waals surface area contributed by atoms with E-state index in [1.807, 2.05) is 0 Å². The molecular weight excluding hydrogens is 142 g/mol. The second-order valence-corrected chi connectivity index (χ2v) is 1.03. The maximum Gasteiger partial charge on any atom is 0.503 e. The maximum atomic E-state index is 9.60. The summed E-state index contributed by atoms with van der Waals surface area (Å²) in [6.45, 7) is 2.06. The van der Waals surface area contributed by atoms with Crippen molar-refractivity contribution in [1.29, 1.82) is 0 Å². The maximum absolute atomic E-state index is 9.60. The molecule has 60 valence electrons. The largest absolute Gasteiger partial charge is 0.503 e. The van der Waals surface area contributed by atoms with Crippen LogP contribution in [0.25, 0.3) is 0 Å². The first-order chi connectivity index (χ1) is 4.50. The van der Waals surface area contributed by atoms with Gasteiger partial charge in [-0.2, -0.15) is 0 Å². The van der Waals surface area contributed by atoms with Crippen LogP contribution in [0.1, 0.15) is 6.92 Å². The Hall–Kier alpha value is -1.46. The molecule has 0 rings (SSSR count). The van der Waals surface area contributed by atoms with E-state index in [0.29, 0.717) is 6.61 Å². The molecule has 6 nitrogen and oxygen atoms in total. The Morgan fingerprint density at radius 2 is 1.80 bits per heavy atom. The number of ether oxygens (including phenoxy) is 1. The van der Waals surface area contributed by atoms with E-state index in [-0.39, 0.29) is 0 Å². The van der Waals surface area contributed by atoms with Crippen molar-refractivity contribution in [3.05, 3.63) is 0 Å². The van der Waals surface area contributed by atoms with Crippen molar-refractivity contribution in [2.45, 2.75) is 6.92 Å². The fourth-order valence-corrected chi connectivity index (χ4v) is 0.142. The zero-order chi connectivity index (χ0) is 8.57. The standard InChI is InChI=1S/C3H7NO2.CH2O3/c1-2-6-3(4)5;2-1(3)4/h2H2,1H3,(H2,4,5);(H2,2,3,4). The van der Waals surface area contributed by atoms with Crippen LogP contribution >= 0.6 is 0 Å². The van der Waals surface area contributed by atoms with Crippen molar-refractivity contribution in [1.82, 2.24) is 0 Å². The Labute approximate surface area is 57.2 Å². The van der Waals surface area contributed by atoms with Crippen LogP contribution in [0.2, 0.25) is 0 Å². The van der Waals surface area contributed by atoms with Gasteiger partial charge in [-0.05, 0) is 6.92 Å². The zero-order valence-electron chi connectivity index (χ0n) is 5.40. The predicted octanol–water partition coefficient (Wildman–Crippen LogP) is 0.324. The van der Waals surface area contributed by atoms with E-state index in [1.165, 1.54) is 0 Å². The third-order valence-corrected chi connectivity index (χ3v) is 0.287. The summed E-state index contributed by atoms with van der Waals surface area (Å²) in [5.41, 5.74) is 4.54. The number of rotatable bonds is 1. The van der Waals surface area contributed by atoms with Crippen molar-refractivity contribution < 1.29 is 24.5 Å². The van der Waals surface area contributed by atoms with Gasteiger partial charge < -0.3 is 20.7 Å². The smallest absolute Gasteiger partial charge is 0.450 e. The Bertz CT molecular complexity index is 108. The minimum Gasteiger partial charge on any atom is -0.450 e. The average molecular weight is 151 g/mol. The average Bonchev–Trinajstić information content (AvgIpc) is 1.62. The minimum absolute atomic E-state index is 0.356. The molecule has 0 saturated carbocycles. The summed E-state index contributed by atoms with van der Waals surface area (Å²) in [4.78, 5) is 18.2. The molecule has 0 aliphatic rings. The lowest BCUT2D eigenvalue weighted by Gasteiger charge is -1.89. The lowest BCUT2D eigenvalue weighted by molar-refractivity contribution is 0.136. The van der Waals surface area contributed by atoms with E-state index in [1.54, 1.807) is 6.92 Å². The highest BCUT2D eigenvalue weighted by Crippen LogP contribution is 1.66. The highest BCUT2D eigenvalue weighted by atomic mass is 16.6. The van der Waals surface area contributed by atoms with Crippen LogP contribution in [0, 0.1) is 0 Å². The molecule has 0 radical (unpaired) electrons. The molecule has 4 N–H and O–H groups in total. The van der Waals surface area contributed by atoms with Crippen LogP contribution < -0.4 is 5.73 Å². The number of amides is 1. The highest BCUT2D eigenvalue weighted by molar-refractivity contribution is 5.64. The Balaban J connectivity index is 0. The Morgan fingerprint density at radius 3 is 1.80 bits per heavy atom. The van der Waals surface area contributed by atoms with Gasteiger partial charge in [-0.15, -0.1) is 0 Å². The van der Waals surface area contributed by atoms with E-state index in [9.17, 15) is 4.79 Å². The number of hydrogen-bond donors (Lipinski definition) is 3. The van der Waals surface area contributed by atoms with Gasteiger partial charge in [-0.25, -0.2) is 9.59 Å². The molecule has 6 heteroatoms. The van der Waals surface area contributed by atoms with Crippen molar-refractivity contribution in [2.24, 2.45) is 5.73 Å². The summed E-state index contributed by atoms with van der Waals surface area (Å²) in [7, 11) is 0. The first kappa shape index (κ1) is 11.4. The number of carboxylic acid groups (broad SMARTS) is 2. The molecule has 0 saturated heterocycles. The lowest BCUT2D eigenvalue weighted by atomic mass is 10.9. The number of primary amides is 1. The van der Waals surface area contributed by atoms with Crippen LogP contribution in [0.15, 0.2) is 0 Å². The van der Waals surface area contributed by atoms with Crippen LogP contribution in [0.5, 0.6) is 0 Å². The van der Waals surface area contributed by atoms with Gasteiger partial charge in [0.25, 0.3) is 0 Å². The van der Waals surface area contributed by atoms with Crippen molar-refractivity contribution in [3.63, 3.8) is 0 Å². The topological polar surface area (TPSA) is 110 Å². The van der Waals surface area contributed by atoms with Crippen LogP contribution in [0.4, 0.5) is 9.59 Å². The first-order valence-electron chi connectivity index (χ1n) is 2.34. The third-order valence-electron chi connectivity index (χ3n) is 0.287. The van der Waals surface area contributed by atoms with Crippen LogP contribution in [0.3, 0.4) is 0 Å². The normalized spacial score (nSPS) is 6.90. The summed E-state index contributed by atoms with van der Waals surface area (Å²) in [6, 6.07) is 0. The first-order valence-corrected chi connectivity index (χ1v) is 2.34. The molecule has 0 atom stereocenters. The predicted molar refractivity (Wildman–Crippen MR) is 31.9 cm³/mol. The SMILES string of the molecule is CCOC(N)=O.O=C(O)O. The summed E-state index contributed by atoms with van der Waals surface area (Å²) < 4.78 is 4.18. The number of nitrogens with two attached hydrogens (primary N) is 1.